The Morgan fingerprint density at radius 2 is 1.74 bits per heavy atom. The van der Waals surface area contributed by atoms with Gasteiger partial charge in [-0.2, -0.15) is 0 Å². The molecule has 1 N–H and O–H groups in total. The van der Waals surface area contributed by atoms with Gasteiger partial charge < -0.3 is 9.84 Å². The highest BCUT2D eigenvalue weighted by atomic mass is 16.6. The van der Waals surface area contributed by atoms with Gasteiger partial charge in [-0.25, -0.2) is 4.79 Å². The largest absolute Gasteiger partial charge is 0.481 e. The van der Waals surface area contributed by atoms with Crippen molar-refractivity contribution >= 4 is 23.8 Å². The van der Waals surface area contributed by atoms with Crippen LogP contribution in [0.4, 0.5) is 0 Å². The zero-order valence-electron chi connectivity index (χ0n) is 10.9. The lowest BCUT2D eigenvalue weighted by atomic mass is 10.1. The number of nitrogens with zero attached hydrogens (tertiary/aromatic N) is 1. The summed E-state index contributed by atoms with van der Waals surface area (Å²) in [6, 6.07) is -1.45. The van der Waals surface area contributed by atoms with Gasteiger partial charge in [0.25, 0.3) is 11.8 Å². The van der Waals surface area contributed by atoms with Gasteiger partial charge in [0.1, 0.15) is 11.6 Å². The van der Waals surface area contributed by atoms with Gasteiger partial charge in [0.05, 0.1) is 6.42 Å². The molecular formula is C12H15NO6. The number of carbonyl (C=O) groups excluding carboxylic acids is 3. The minimum atomic E-state index is -1.45. The van der Waals surface area contributed by atoms with E-state index < -0.39 is 41.8 Å². The summed E-state index contributed by atoms with van der Waals surface area (Å²) in [4.78, 5) is 46.3. The zero-order valence-corrected chi connectivity index (χ0v) is 10.9. The number of ether oxygens (including phenoxy) is 1. The molecule has 7 heteroatoms. The number of aliphatic carboxylic acids is 1. The molecule has 0 aromatic carbocycles. The van der Waals surface area contributed by atoms with E-state index in [9.17, 15) is 19.2 Å². The number of carboxylic acids is 1. The van der Waals surface area contributed by atoms with Crippen molar-refractivity contribution in [1.82, 2.24) is 4.90 Å². The Hall–Kier alpha value is -2.18. The van der Waals surface area contributed by atoms with E-state index in [1.165, 1.54) is 0 Å². The molecule has 104 valence electrons. The number of imide groups is 1. The first-order valence-electron chi connectivity index (χ1n) is 5.61. The Balaban J connectivity index is 2.95. The van der Waals surface area contributed by atoms with Gasteiger partial charge in [-0.1, -0.05) is 0 Å². The molecule has 0 spiro atoms. The lowest BCUT2D eigenvalue weighted by Crippen LogP contribution is -2.48. The number of amides is 2. The van der Waals surface area contributed by atoms with Crippen molar-refractivity contribution in [3.63, 3.8) is 0 Å². The maximum atomic E-state index is 11.9. The Morgan fingerprint density at radius 1 is 1.26 bits per heavy atom. The number of rotatable bonds is 4. The molecule has 1 aliphatic heterocycles. The van der Waals surface area contributed by atoms with E-state index >= 15 is 0 Å². The monoisotopic (exact) mass is 269 g/mol. The normalized spacial score (nSPS) is 16.7. The first-order chi connectivity index (χ1) is 8.61. The van der Waals surface area contributed by atoms with Crippen LogP contribution in [0.5, 0.6) is 0 Å². The van der Waals surface area contributed by atoms with Crippen molar-refractivity contribution in [2.75, 3.05) is 0 Å². The molecule has 0 aromatic heterocycles. The molecule has 7 nitrogen and oxygen atoms in total. The number of hydrogen-bond acceptors (Lipinski definition) is 5. The second-order valence-corrected chi connectivity index (χ2v) is 5.03. The summed E-state index contributed by atoms with van der Waals surface area (Å²) in [6.45, 7) is 4.82. The molecule has 2 amide bonds. The van der Waals surface area contributed by atoms with Crippen LogP contribution in [0.2, 0.25) is 0 Å². The van der Waals surface area contributed by atoms with Crippen LogP contribution in [-0.4, -0.2) is 45.4 Å². The molecule has 1 atom stereocenters. The van der Waals surface area contributed by atoms with E-state index in [2.05, 4.69) is 0 Å². The zero-order chi connectivity index (χ0) is 14.8. The van der Waals surface area contributed by atoms with Gasteiger partial charge in [-0.15, -0.1) is 0 Å². The minimum Gasteiger partial charge on any atom is -0.481 e. The van der Waals surface area contributed by atoms with Crippen LogP contribution in [0.15, 0.2) is 12.2 Å². The highest BCUT2D eigenvalue weighted by Crippen LogP contribution is 2.17. The fourth-order valence-corrected chi connectivity index (χ4v) is 1.53. The van der Waals surface area contributed by atoms with Gasteiger partial charge in [0.15, 0.2) is 0 Å². The van der Waals surface area contributed by atoms with Crippen molar-refractivity contribution in [1.29, 1.82) is 0 Å². The summed E-state index contributed by atoms with van der Waals surface area (Å²) >= 11 is 0. The number of carbonyl (C=O) groups is 4. The molecule has 0 aliphatic carbocycles. The van der Waals surface area contributed by atoms with Crippen LogP contribution < -0.4 is 0 Å². The van der Waals surface area contributed by atoms with Crippen LogP contribution in [-0.2, 0) is 23.9 Å². The third-order valence-corrected chi connectivity index (χ3v) is 2.20. The summed E-state index contributed by atoms with van der Waals surface area (Å²) in [7, 11) is 0. The van der Waals surface area contributed by atoms with Gasteiger partial charge in [0, 0.05) is 12.2 Å². The average Bonchev–Trinajstić information content (AvgIpc) is 2.52. The Kier molecular flexibility index (Phi) is 4.08. The fourth-order valence-electron chi connectivity index (χ4n) is 1.53. The molecule has 0 radical (unpaired) electrons. The van der Waals surface area contributed by atoms with Gasteiger partial charge >= 0.3 is 11.9 Å². The van der Waals surface area contributed by atoms with Crippen molar-refractivity contribution < 1.29 is 29.0 Å². The van der Waals surface area contributed by atoms with E-state index in [1.807, 2.05) is 0 Å². The predicted octanol–water partition coefficient (Wildman–Crippen LogP) is 0.0964. The highest BCUT2D eigenvalue weighted by Gasteiger charge is 2.39. The molecule has 1 heterocycles. The van der Waals surface area contributed by atoms with Crippen LogP contribution in [0.1, 0.15) is 27.2 Å². The second kappa shape index (κ2) is 5.21. The molecule has 0 aromatic rings. The fraction of sp³-hybridized carbons (Fsp3) is 0.500. The summed E-state index contributed by atoms with van der Waals surface area (Å²) in [5, 5.41) is 8.79. The van der Waals surface area contributed by atoms with Gasteiger partial charge in [0.2, 0.25) is 0 Å². The predicted molar refractivity (Wildman–Crippen MR) is 62.9 cm³/mol. The molecule has 19 heavy (non-hydrogen) atoms. The molecule has 0 saturated carbocycles. The smallest absolute Gasteiger partial charge is 0.330 e. The molecule has 1 aliphatic rings. The van der Waals surface area contributed by atoms with Crippen LogP contribution >= 0.6 is 0 Å². The van der Waals surface area contributed by atoms with E-state index in [1.54, 1.807) is 20.8 Å². The Morgan fingerprint density at radius 3 is 2.11 bits per heavy atom. The number of hydrogen-bond donors (Lipinski definition) is 1. The Bertz CT molecular complexity index is 441. The quantitative estimate of drug-likeness (QED) is 0.573. The Labute approximate surface area is 109 Å². The summed E-state index contributed by atoms with van der Waals surface area (Å²) in [6.07, 6.45) is 1.29. The summed E-state index contributed by atoms with van der Waals surface area (Å²) in [5.41, 5.74) is -0.840. The highest BCUT2D eigenvalue weighted by molar-refractivity contribution is 6.15. The molecule has 0 unspecified atom stereocenters. The summed E-state index contributed by atoms with van der Waals surface area (Å²) < 4.78 is 5.03. The molecule has 0 fully saturated rings. The third kappa shape index (κ3) is 3.90. The SMILES string of the molecule is CC(C)(C)OC(=O)[C@H](CC(=O)O)N1C(=O)C=CC1=O. The van der Waals surface area contributed by atoms with Crippen LogP contribution in [0, 0.1) is 0 Å². The first kappa shape index (κ1) is 14.9. The lowest BCUT2D eigenvalue weighted by Gasteiger charge is -2.27. The van der Waals surface area contributed by atoms with Crippen molar-refractivity contribution in [2.45, 2.75) is 38.8 Å². The van der Waals surface area contributed by atoms with E-state index in [0.717, 1.165) is 12.2 Å². The van der Waals surface area contributed by atoms with Crippen molar-refractivity contribution in [3.8, 4) is 0 Å². The summed E-state index contributed by atoms with van der Waals surface area (Å²) in [5.74, 6) is -3.66. The topological polar surface area (TPSA) is 101 Å². The average molecular weight is 269 g/mol. The lowest BCUT2D eigenvalue weighted by molar-refractivity contribution is -0.168. The maximum Gasteiger partial charge on any atom is 0.330 e. The van der Waals surface area contributed by atoms with Gasteiger partial charge in [-0.05, 0) is 20.8 Å². The van der Waals surface area contributed by atoms with E-state index in [4.69, 9.17) is 9.84 Å². The molecule has 0 saturated heterocycles. The van der Waals surface area contributed by atoms with Crippen LogP contribution in [0.25, 0.3) is 0 Å². The molecule has 0 bridgehead atoms. The number of carboxylic acid groups (broad SMARTS) is 1. The van der Waals surface area contributed by atoms with Gasteiger partial charge in [-0.3, -0.25) is 19.3 Å². The van der Waals surface area contributed by atoms with E-state index in [0.29, 0.717) is 4.90 Å². The maximum absolute atomic E-state index is 11.9. The van der Waals surface area contributed by atoms with Crippen LogP contribution in [0.3, 0.4) is 0 Å². The standard InChI is InChI=1S/C12H15NO6/c1-12(2,3)19-11(18)7(6-10(16)17)13-8(14)4-5-9(13)15/h4-5,7H,6H2,1-3H3,(H,16,17)/t7-/m0/s1. The molecular weight excluding hydrogens is 254 g/mol. The third-order valence-electron chi connectivity index (χ3n) is 2.20. The number of esters is 1. The van der Waals surface area contributed by atoms with Crippen molar-refractivity contribution in [2.24, 2.45) is 0 Å². The molecule has 1 rings (SSSR count). The first-order valence-corrected chi connectivity index (χ1v) is 5.61. The van der Waals surface area contributed by atoms with E-state index in [-0.39, 0.29) is 0 Å². The minimum absolute atomic E-state index is 0.599. The second-order valence-electron chi connectivity index (χ2n) is 5.03. The van der Waals surface area contributed by atoms with Crippen molar-refractivity contribution in [3.05, 3.63) is 12.2 Å².